The van der Waals surface area contributed by atoms with E-state index in [1.54, 1.807) is 33.9 Å². The zero-order chi connectivity index (χ0) is 23.8. The summed E-state index contributed by atoms with van der Waals surface area (Å²) in [5.74, 6) is 3.49. The fraction of sp³-hybridized carbons (Fsp3) is 0.240. The molecule has 34 heavy (non-hydrogen) atoms. The van der Waals surface area contributed by atoms with Crippen molar-refractivity contribution in [3.05, 3.63) is 53.2 Å². The number of thiophene rings is 1. The molecule has 0 spiro atoms. The first-order valence-corrected chi connectivity index (χ1v) is 11.6. The van der Waals surface area contributed by atoms with Crippen LogP contribution < -0.4 is 10.1 Å². The molecule has 9 heteroatoms. The third kappa shape index (κ3) is 3.98. The van der Waals surface area contributed by atoms with Crippen molar-refractivity contribution in [1.29, 1.82) is 0 Å². The number of fused-ring (bicyclic) bond motifs is 2. The quantitative estimate of drug-likeness (QED) is 0.439. The first kappa shape index (κ1) is 21.9. The van der Waals surface area contributed by atoms with Crippen LogP contribution in [0, 0.1) is 19.3 Å². The lowest BCUT2D eigenvalue weighted by atomic mass is 10.2. The van der Waals surface area contributed by atoms with Gasteiger partial charge in [-0.15, -0.1) is 17.8 Å². The van der Waals surface area contributed by atoms with Crippen LogP contribution >= 0.6 is 11.3 Å². The third-order valence-corrected chi connectivity index (χ3v) is 6.89. The number of amides is 2. The lowest BCUT2D eigenvalue weighted by Crippen LogP contribution is -2.29. The Morgan fingerprint density at radius 1 is 1.32 bits per heavy atom. The molecule has 4 aromatic rings. The number of aryl methyl sites for hydroxylation is 1. The molecule has 0 aliphatic carbocycles. The Balaban J connectivity index is 1.43. The highest BCUT2D eigenvalue weighted by Crippen LogP contribution is 2.36. The van der Waals surface area contributed by atoms with Crippen molar-refractivity contribution in [1.82, 2.24) is 19.8 Å². The number of nitrogens with zero attached hydrogens (tertiary/aromatic N) is 3. The fourth-order valence-electron chi connectivity index (χ4n) is 4.18. The molecule has 0 bridgehead atoms. The van der Waals surface area contributed by atoms with Gasteiger partial charge in [0.25, 0.3) is 5.91 Å². The Morgan fingerprint density at radius 3 is 2.94 bits per heavy atom. The molecule has 1 aliphatic heterocycles. The molecule has 2 amide bonds. The van der Waals surface area contributed by atoms with E-state index in [0.717, 1.165) is 21.3 Å². The molecule has 172 valence electrons. The van der Waals surface area contributed by atoms with Crippen LogP contribution in [0.5, 0.6) is 11.5 Å². The molecule has 0 unspecified atom stereocenters. The van der Waals surface area contributed by atoms with Crippen LogP contribution in [0.15, 0.2) is 42.6 Å². The normalized spacial score (nSPS) is 15.6. The molecule has 1 aliphatic rings. The monoisotopic (exact) mass is 474 g/mol. The molecule has 8 nitrogen and oxygen atoms in total. The van der Waals surface area contributed by atoms with Crippen molar-refractivity contribution in [3.63, 3.8) is 0 Å². The Hall–Kier alpha value is -3.87. The lowest BCUT2D eigenvalue weighted by molar-refractivity contribution is 0.0769. The van der Waals surface area contributed by atoms with E-state index in [1.807, 2.05) is 25.1 Å². The summed E-state index contributed by atoms with van der Waals surface area (Å²) in [7, 11) is 0. The molecular formula is C25H22N4O4S. The number of aromatic nitrogens is 2. The van der Waals surface area contributed by atoms with E-state index in [0.29, 0.717) is 41.4 Å². The molecule has 0 radical (unpaired) electrons. The van der Waals surface area contributed by atoms with Gasteiger partial charge in [-0.2, -0.15) is 0 Å². The zero-order valence-corrected chi connectivity index (χ0v) is 19.3. The van der Waals surface area contributed by atoms with E-state index in [1.165, 1.54) is 11.3 Å². The topological polar surface area (TPSA) is 96.7 Å². The van der Waals surface area contributed by atoms with Gasteiger partial charge in [-0.25, -0.2) is 4.79 Å². The molecule has 5 rings (SSSR count). The third-order valence-electron chi connectivity index (χ3n) is 5.77. The number of rotatable bonds is 4. The van der Waals surface area contributed by atoms with Crippen molar-refractivity contribution < 1.29 is 19.4 Å². The molecular weight excluding hydrogens is 452 g/mol. The number of carbonyl (C=O) groups excluding carboxylic acids is 2. The summed E-state index contributed by atoms with van der Waals surface area (Å²) in [4.78, 5) is 31.9. The fourth-order valence-corrected chi connectivity index (χ4v) is 5.21. The molecule has 2 N–H and O–H groups in total. The van der Waals surface area contributed by atoms with Gasteiger partial charge >= 0.3 is 6.03 Å². The van der Waals surface area contributed by atoms with Gasteiger partial charge in [-0.05, 0) is 43.7 Å². The maximum absolute atomic E-state index is 12.8. The molecule has 1 saturated heterocycles. The summed E-state index contributed by atoms with van der Waals surface area (Å²) in [5, 5.41) is 13.3. The Labute approximate surface area is 199 Å². The smallest absolute Gasteiger partial charge is 0.327 e. The van der Waals surface area contributed by atoms with Gasteiger partial charge in [0.2, 0.25) is 0 Å². The number of benzene rings is 1. The van der Waals surface area contributed by atoms with E-state index >= 15 is 0 Å². The van der Waals surface area contributed by atoms with Crippen LogP contribution in [0.25, 0.3) is 21.1 Å². The number of aliphatic hydroxyl groups is 1. The van der Waals surface area contributed by atoms with Crippen molar-refractivity contribution in [2.75, 3.05) is 19.6 Å². The largest absolute Gasteiger partial charge is 0.456 e. The molecule has 0 saturated carbocycles. The van der Waals surface area contributed by atoms with Gasteiger partial charge < -0.3 is 20.1 Å². The molecule has 3 aromatic heterocycles. The number of terminal acetylenes is 1. The van der Waals surface area contributed by atoms with Gasteiger partial charge in [0.1, 0.15) is 11.5 Å². The summed E-state index contributed by atoms with van der Waals surface area (Å²) in [6.07, 6.45) is 7.02. The Morgan fingerprint density at radius 2 is 2.18 bits per heavy atom. The molecule has 1 fully saturated rings. The second-order valence-electron chi connectivity index (χ2n) is 8.13. The highest BCUT2D eigenvalue weighted by molar-refractivity contribution is 7.21. The highest BCUT2D eigenvalue weighted by Gasteiger charge is 2.27. The summed E-state index contributed by atoms with van der Waals surface area (Å²) >= 11 is 1.33. The standard InChI is InChI=1S/C25H22N4O4S/c1-3-8-27-25(32)29-15(2)11-16-12-18(4-5-20(16)29)33-21-6-9-26-19-13-22(34-23(19)21)24(31)28-10-7-17(30)14-28/h1,4-6,9,11-13,17,30H,7-8,10,14H2,2H3,(H,27,32)/t17-/m1/s1. The number of carbonyl (C=O) groups is 2. The van der Waals surface area contributed by atoms with Gasteiger partial charge in [-0.1, -0.05) is 5.92 Å². The molecule has 1 atom stereocenters. The van der Waals surface area contributed by atoms with Gasteiger partial charge in [0.15, 0.2) is 0 Å². The Kier molecular flexibility index (Phi) is 5.69. The SMILES string of the molecule is C#CCNC(=O)n1c(C)cc2cc(Oc3ccnc4cc(C(=O)N5CC[C@@H](O)C5)sc34)ccc21. The van der Waals surface area contributed by atoms with Gasteiger partial charge in [0, 0.05) is 36.4 Å². The summed E-state index contributed by atoms with van der Waals surface area (Å²) < 4.78 is 8.53. The minimum absolute atomic E-state index is 0.105. The van der Waals surface area contributed by atoms with Crippen LogP contribution in [0.4, 0.5) is 4.79 Å². The zero-order valence-electron chi connectivity index (χ0n) is 18.4. The predicted molar refractivity (Wildman–Crippen MR) is 131 cm³/mol. The van der Waals surface area contributed by atoms with Crippen molar-refractivity contribution in [3.8, 4) is 23.8 Å². The number of β-amino-alcohol motifs (C(OH)–C–C–N with tert-alkyl or cyclic N) is 1. The lowest BCUT2D eigenvalue weighted by Gasteiger charge is -2.13. The van der Waals surface area contributed by atoms with E-state index in [9.17, 15) is 14.7 Å². The van der Waals surface area contributed by atoms with Crippen LogP contribution in [0.3, 0.4) is 0 Å². The first-order chi connectivity index (χ1) is 16.4. The van der Waals surface area contributed by atoms with Gasteiger partial charge in [-0.3, -0.25) is 14.3 Å². The summed E-state index contributed by atoms with van der Waals surface area (Å²) in [5.41, 5.74) is 2.20. The van der Waals surface area contributed by atoms with Crippen LogP contribution in [0.1, 0.15) is 21.8 Å². The van der Waals surface area contributed by atoms with Crippen molar-refractivity contribution in [2.45, 2.75) is 19.4 Å². The molecule has 1 aromatic carbocycles. The minimum Gasteiger partial charge on any atom is -0.456 e. The van der Waals surface area contributed by atoms with Crippen LogP contribution in [-0.2, 0) is 0 Å². The number of pyridine rings is 1. The molecule has 4 heterocycles. The first-order valence-electron chi connectivity index (χ1n) is 10.8. The highest BCUT2D eigenvalue weighted by atomic mass is 32.1. The second kappa shape index (κ2) is 8.82. The van der Waals surface area contributed by atoms with Crippen LogP contribution in [0.2, 0.25) is 0 Å². The number of hydrogen-bond donors (Lipinski definition) is 2. The summed E-state index contributed by atoms with van der Waals surface area (Å²) in [6.45, 7) is 2.90. The second-order valence-corrected chi connectivity index (χ2v) is 9.19. The van der Waals surface area contributed by atoms with E-state index in [-0.39, 0.29) is 18.5 Å². The van der Waals surface area contributed by atoms with E-state index < -0.39 is 6.10 Å². The van der Waals surface area contributed by atoms with Gasteiger partial charge in [0.05, 0.1) is 33.3 Å². The maximum Gasteiger partial charge on any atom is 0.327 e. The number of ether oxygens (including phenoxy) is 1. The predicted octanol–water partition coefficient (Wildman–Crippen LogP) is 3.75. The van der Waals surface area contributed by atoms with Crippen molar-refractivity contribution >= 4 is 44.4 Å². The number of hydrogen-bond acceptors (Lipinski definition) is 6. The summed E-state index contributed by atoms with van der Waals surface area (Å²) in [6, 6.07) is 10.6. The number of nitrogens with one attached hydrogen (secondary N) is 1. The number of aliphatic hydroxyl groups excluding tert-OH is 1. The van der Waals surface area contributed by atoms with E-state index in [2.05, 4.69) is 16.2 Å². The minimum atomic E-state index is -0.466. The maximum atomic E-state index is 12.8. The van der Waals surface area contributed by atoms with E-state index in [4.69, 9.17) is 11.2 Å². The average molecular weight is 475 g/mol. The number of likely N-dealkylation sites (tertiary alicyclic amines) is 1. The van der Waals surface area contributed by atoms with Crippen molar-refractivity contribution in [2.24, 2.45) is 0 Å². The van der Waals surface area contributed by atoms with Crippen LogP contribution in [-0.4, -0.2) is 57.2 Å². The Bertz CT molecular complexity index is 1470. The average Bonchev–Trinajstić information content (AvgIpc) is 3.53.